The number of hydrogen-bond donors (Lipinski definition) is 2. The number of aryl methyl sites for hydroxylation is 1. The van der Waals surface area contributed by atoms with Crippen molar-refractivity contribution < 1.29 is 9.59 Å². The van der Waals surface area contributed by atoms with Gasteiger partial charge < -0.3 is 5.32 Å². The van der Waals surface area contributed by atoms with Crippen LogP contribution in [0.3, 0.4) is 0 Å². The van der Waals surface area contributed by atoms with Crippen LogP contribution in [0.25, 0.3) is 0 Å². The second-order valence-corrected chi connectivity index (χ2v) is 5.88. The van der Waals surface area contributed by atoms with Crippen molar-refractivity contribution in [2.45, 2.75) is 13.8 Å². The van der Waals surface area contributed by atoms with Crippen LogP contribution < -0.4 is 10.7 Å². The summed E-state index contributed by atoms with van der Waals surface area (Å²) >= 11 is 3.35. The first kappa shape index (κ1) is 16.9. The standard InChI is InChI=1S/C17H16BrN3O2/c1-11-3-9-15(10-4-11)19-16(22)17(23)21-20-12(2)13-5-7-14(18)8-6-13/h3-10H,1-2H3,(H,19,22)(H,21,23)/b20-12+. The number of hydrogen-bond acceptors (Lipinski definition) is 3. The second-order valence-electron chi connectivity index (χ2n) is 4.97. The van der Waals surface area contributed by atoms with Crippen LogP contribution in [0, 0.1) is 6.92 Å². The number of rotatable bonds is 3. The summed E-state index contributed by atoms with van der Waals surface area (Å²) in [5.74, 6) is -1.58. The summed E-state index contributed by atoms with van der Waals surface area (Å²) in [5.41, 5.74) is 5.34. The molecule has 0 spiro atoms. The molecule has 0 aliphatic carbocycles. The van der Waals surface area contributed by atoms with E-state index in [1.807, 2.05) is 43.3 Å². The van der Waals surface area contributed by atoms with Gasteiger partial charge in [0.15, 0.2) is 0 Å². The minimum absolute atomic E-state index is 0.560. The highest BCUT2D eigenvalue weighted by Gasteiger charge is 2.13. The number of amides is 2. The molecule has 2 aromatic carbocycles. The van der Waals surface area contributed by atoms with Gasteiger partial charge in [0.2, 0.25) is 0 Å². The lowest BCUT2D eigenvalue weighted by Gasteiger charge is -2.05. The third kappa shape index (κ3) is 5.03. The van der Waals surface area contributed by atoms with Crippen molar-refractivity contribution >= 4 is 39.1 Å². The van der Waals surface area contributed by atoms with Crippen LogP contribution in [0.4, 0.5) is 5.69 Å². The number of benzene rings is 2. The van der Waals surface area contributed by atoms with Gasteiger partial charge in [0.05, 0.1) is 5.71 Å². The van der Waals surface area contributed by atoms with Crippen molar-refractivity contribution in [2.75, 3.05) is 5.32 Å². The van der Waals surface area contributed by atoms with Gasteiger partial charge in [-0.05, 0) is 43.7 Å². The molecule has 0 saturated heterocycles. The van der Waals surface area contributed by atoms with Gasteiger partial charge in [-0.25, -0.2) is 5.43 Å². The highest BCUT2D eigenvalue weighted by Crippen LogP contribution is 2.11. The molecule has 0 fully saturated rings. The molecule has 0 saturated carbocycles. The lowest BCUT2D eigenvalue weighted by Crippen LogP contribution is -2.32. The SMILES string of the molecule is C/C(=N\NC(=O)C(=O)Nc1ccc(C)cc1)c1ccc(Br)cc1. The number of carbonyl (C=O) groups is 2. The number of nitrogens with one attached hydrogen (secondary N) is 2. The molecule has 2 aromatic rings. The Labute approximate surface area is 142 Å². The lowest BCUT2D eigenvalue weighted by molar-refractivity contribution is -0.136. The van der Waals surface area contributed by atoms with Crippen LogP contribution in [0.1, 0.15) is 18.1 Å². The molecule has 0 aliphatic rings. The van der Waals surface area contributed by atoms with Gasteiger partial charge >= 0.3 is 11.8 Å². The number of hydrazone groups is 1. The molecular weight excluding hydrogens is 358 g/mol. The Hall–Kier alpha value is -2.47. The Bertz CT molecular complexity index is 737. The van der Waals surface area contributed by atoms with Gasteiger partial charge in [-0.1, -0.05) is 45.8 Å². The normalized spacial score (nSPS) is 11.0. The number of carbonyl (C=O) groups excluding carboxylic acids is 2. The first-order valence-corrected chi connectivity index (χ1v) is 7.73. The lowest BCUT2D eigenvalue weighted by atomic mass is 10.1. The Morgan fingerprint density at radius 1 is 0.957 bits per heavy atom. The molecule has 118 valence electrons. The fourth-order valence-electron chi connectivity index (χ4n) is 1.77. The largest absolute Gasteiger partial charge is 0.329 e. The Balaban J connectivity index is 1.95. The Kier molecular flexibility index (Phi) is 5.65. The molecule has 6 heteroatoms. The maximum atomic E-state index is 11.8. The summed E-state index contributed by atoms with van der Waals surface area (Å²) in [4.78, 5) is 23.6. The maximum absolute atomic E-state index is 11.8. The molecule has 0 unspecified atom stereocenters. The third-order valence-electron chi connectivity index (χ3n) is 3.10. The van der Waals surface area contributed by atoms with Crippen LogP contribution >= 0.6 is 15.9 Å². The Morgan fingerprint density at radius 2 is 1.57 bits per heavy atom. The van der Waals surface area contributed by atoms with Gasteiger partial charge in [0.25, 0.3) is 0 Å². The van der Waals surface area contributed by atoms with E-state index in [0.717, 1.165) is 15.6 Å². The van der Waals surface area contributed by atoms with E-state index in [2.05, 4.69) is 31.8 Å². The van der Waals surface area contributed by atoms with E-state index in [4.69, 9.17) is 0 Å². The fraction of sp³-hybridized carbons (Fsp3) is 0.118. The molecule has 2 rings (SSSR count). The van der Waals surface area contributed by atoms with E-state index in [-0.39, 0.29) is 0 Å². The molecular formula is C17H16BrN3O2. The minimum atomic E-state index is -0.818. The van der Waals surface area contributed by atoms with Crippen molar-refractivity contribution in [1.29, 1.82) is 0 Å². The zero-order valence-electron chi connectivity index (χ0n) is 12.8. The van der Waals surface area contributed by atoms with Crippen molar-refractivity contribution in [2.24, 2.45) is 5.10 Å². The van der Waals surface area contributed by atoms with Crippen molar-refractivity contribution in [3.63, 3.8) is 0 Å². The predicted octanol–water partition coefficient (Wildman–Crippen LogP) is 3.24. The van der Waals surface area contributed by atoms with Crippen molar-refractivity contribution in [1.82, 2.24) is 5.43 Å². The van der Waals surface area contributed by atoms with Crippen LogP contribution in [0.2, 0.25) is 0 Å². The van der Waals surface area contributed by atoms with Gasteiger partial charge in [-0.3, -0.25) is 9.59 Å². The number of halogens is 1. The third-order valence-corrected chi connectivity index (χ3v) is 3.63. The van der Waals surface area contributed by atoms with E-state index in [9.17, 15) is 9.59 Å². The van der Waals surface area contributed by atoms with E-state index in [0.29, 0.717) is 11.4 Å². The molecule has 0 radical (unpaired) electrons. The topological polar surface area (TPSA) is 70.6 Å². The summed E-state index contributed by atoms with van der Waals surface area (Å²) in [6.45, 7) is 3.69. The van der Waals surface area contributed by atoms with Gasteiger partial charge in [0, 0.05) is 10.2 Å². The number of anilines is 1. The average Bonchev–Trinajstić information content (AvgIpc) is 2.55. The van der Waals surface area contributed by atoms with Crippen LogP contribution in [-0.2, 0) is 9.59 Å². The minimum Gasteiger partial charge on any atom is -0.318 e. The molecule has 2 N–H and O–H groups in total. The van der Waals surface area contributed by atoms with E-state index in [1.54, 1.807) is 19.1 Å². The van der Waals surface area contributed by atoms with Crippen LogP contribution in [0.15, 0.2) is 58.1 Å². The summed E-state index contributed by atoms with van der Waals surface area (Å²) in [7, 11) is 0. The summed E-state index contributed by atoms with van der Waals surface area (Å²) < 4.78 is 0.954. The molecule has 0 aliphatic heterocycles. The molecule has 0 atom stereocenters. The van der Waals surface area contributed by atoms with Gasteiger partial charge in [-0.2, -0.15) is 5.10 Å². The zero-order chi connectivity index (χ0) is 16.8. The molecule has 0 aromatic heterocycles. The average molecular weight is 374 g/mol. The molecule has 5 nitrogen and oxygen atoms in total. The van der Waals surface area contributed by atoms with Crippen molar-refractivity contribution in [3.05, 3.63) is 64.1 Å². The van der Waals surface area contributed by atoms with Gasteiger partial charge in [0.1, 0.15) is 0 Å². The van der Waals surface area contributed by atoms with E-state index < -0.39 is 11.8 Å². The molecule has 23 heavy (non-hydrogen) atoms. The quantitative estimate of drug-likeness (QED) is 0.492. The zero-order valence-corrected chi connectivity index (χ0v) is 14.3. The van der Waals surface area contributed by atoms with Crippen LogP contribution in [-0.4, -0.2) is 17.5 Å². The monoisotopic (exact) mass is 373 g/mol. The first-order valence-electron chi connectivity index (χ1n) is 6.94. The van der Waals surface area contributed by atoms with Crippen molar-refractivity contribution in [3.8, 4) is 0 Å². The summed E-state index contributed by atoms with van der Waals surface area (Å²) in [6.07, 6.45) is 0. The Morgan fingerprint density at radius 3 is 2.17 bits per heavy atom. The highest BCUT2D eigenvalue weighted by atomic mass is 79.9. The second kappa shape index (κ2) is 7.69. The summed E-state index contributed by atoms with van der Waals surface area (Å²) in [6, 6.07) is 14.6. The predicted molar refractivity (Wildman–Crippen MR) is 94.3 cm³/mol. The molecule has 0 heterocycles. The smallest absolute Gasteiger partial charge is 0.318 e. The maximum Gasteiger partial charge on any atom is 0.329 e. The fourth-order valence-corrected chi connectivity index (χ4v) is 2.03. The highest BCUT2D eigenvalue weighted by molar-refractivity contribution is 9.10. The first-order chi connectivity index (χ1) is 11.0. The number of nitrogens with zero attached hydrogens (tertiary/aromatic N) is 1. The van der Waals surface area contributed by atoms with Gasteiger partial charge in [-0.15, -0.1) is 0 Å². The van der Waals surface area contributed by atoms with E-state index in [1.165, 1.54) is 0 Å². The van der Waals surface area contributed by atoms with E-state index >= 15 is 0 Å². The molecule has 2 amide bonds. The summed E-state index contributed by atoms with van der Waals surface area (Å²) in [5, 5.41) is 6.46. The van der Waals surface area contributed by atoms with Crippen LogP contribution in [0.5, 0.6) is 0 Å². The molecule has 0 bridgehead atoms.